The van der Waals surface area contributed by atoms with Gasteiger partial charge in [0.15, 0.2) is 0 Å². The summed E-state index contributed by atoms with van der Waals surface area (Å²) in [5.74, 6) is 0. The zero-order chi connectivity index (χ0) is 10.5. The Morgan fingerprint density at radius 2 is 1.46 bits per heavy atom. The first kappa shape index (κ1) is 12.6. The van der Waals surface area contributed by atoms with Gasteiger partial charge in [-0.05, 0) is 13.8 Å². The molecule has 2 atom stereocenters. The molecule has 0 radical (unpaired) electrons. The second-order valence-corrected chi connectivity index (χ2v) is 4.83. The van der Waals surface area contributed by atoms with Gasteiger partial charge < -0.3 is 9.05 Å². The maximum atomic E-state index is 11.6. The molecule has 2 unspecified atom stereocenters. The molecule has 0 aromatic rings. The predicted octanol–water partition coefficient (Wildman–Crippen LogP) is 2.99. The molecule has 0 aliphatic rings. The Morgan fingerprint density at radius 3 is 1.69 bits per heavy atom. The fourth-order valence-corrected chi connectivity index (χ4v) is 2.14. The summed E-state index contributed by atoms with van der Waals surface area (Å²) in [4.78, 5) is 0. The van der Waals surface area contributed by atoms with E-state index in [1.807, 2.05) is 0 Å². The molecule has 0 aliphatic heterocycles. The Morgan fingerprint density at radius 1 is 1.15 bits per heavy atom. The van der Waals surface area contributed by atoms with Crippen LogP contribution in [0.1, 0.15) is 13.8 Å². The lowest BCUT2D eigenvalue weighted by molar-refractivity contribution is 0.168. The third-order valence-electron chi connectivity index (χ3n) is 1.38. The maximum Gasteiger partial charge on any atom is 0.328 e. The van der Waals surface area contributed by atoms with Gasteiger partial charge in [-0.1, -0.05) is 12.2 Å². The summed E-state index contributed by atoms with van der Waals surface area (Å²) in [6, 6.07) is 0. The second-order valence-electron chi connectivity index (χ2n) is 2.86. The fraction of sp³-hybridized carbons (Fsp3) is 0.556. The van der Waals surface area contributed by atoms with Crippen molar-refractivity contribution in [1.29, 1.82) is 0 Å². The SMILES string of the molecule is C=CC(C)OP(C)(=O)OC(C)C=C. The summed E-state index contributed by atoms with van der Waals surface area (Å²) < 4.78 is 21.9. The van der Waals surface area contributed by atoms with Crippen LogP contribution >= 0.6 is 7.60 Å². The van der Waals surface area contributed by atoms with Crippen molar-refractivity contribution in [2.24, 2.45) is 0 Å². The van der Waals surface area contributed by atoms with E-state index in [0.717, 1.165) is 0 Å². The molecular formula is C9H17O3P. The van der Waals surface area contributed by atoms with Gasteiger partial charge in [-0.3, -0.25) is 4.57 Å². The van der Waals surface area contributed by atoms with Crippen molar-refractivity contribution in [2.75, 3.05) is 6.66 Å². The summed E-state index contributed by atoms with van der Waals surface area (Å²) >= 11 is 0. The topological polar surface area (TPSA) is 35.5 Å². The number of hydrogen-bond donors (Lipinski definition) is 0. The Bertz CT molecular complexity index is 205. The average molecular weight is 204 g/mol. The van der Waals surface area contributed by atoms with E-state index >= 15 is 0 Å². The third kappa shape index (κ3) is 5.81. The summed E-state index contributed by atoms with van der Waals surface area (Å²) in [5.41, 5.74) is 0. The van der Waals surface area contributed by atoms with Crippen LogP contribution in [0.25, 0.3) is 0 Å². The molecule has 0 heterocycles. The fourth-order valence-electron chi connectivity index (χ4n) is 0.715. The van der Waals surface area contributed by atoms with Crippen molar-refractivity contribution < 1.29 is 13.6 Å². The first-order valence-electron chi connectivity index (χ1n) is 4.10. The monoisotopic (exact) mass is 204 g/mol. The first-order chi connectivity index (χ1) is 5.91. The van der Waals surface area contributed by atoms with Gasteiger partial charge in [-0.15, -0.1) is 13.2 Å². The van der Waals surface area contributed by atoms with Gasteiger partial charge in [0.25, 0.3) is 0 Å². The molecule has 0 aromatic carbocycles. The Kier molecular flexibility index (Phi) is 5.23. The molecular weight excluding hydrogens is 187 g/mol. The van der Waals surface area contributed by atoms with Gasteiger partial charge >= 0.3 is 7.60 Å². The molecule has 3 nitrogen and oxygen atoms in total. The van der Waals surface area contributed by atoms with Crippen molar-refractivity contribution in [2.45, 2.75) is 26.1 Å². The number of rotatable bonds is 6. The molecule has 0 N–H and O–H groups in total. The molecule has 0 aromatic heterocycles. The highest BCUT2D eigenvalue weighted by Crippen LogP contribution is 2.46. The van der Waals surface area contributed by atoms with Gasteiger partial charge in [-0.2, -0.15) is 0 Å². The zero-order valence-corrected chi connectivity index (χ0v) is 9.29. The first-order valence-corrected chi connectivity index (χ1v) is 6.09. The zero-order valence-electron chi connectivity index (χ0n) is 8.40. The van der Waals surface area contributed by atoms with Crippen LogP contribution < -0.4 is 0 Å². The van der Waals surface area contributed by atoms with E-state index in [-0.39, 0.29) is 12.2 Å². The van der Waals surface area contributed by atoms with E-state index in [2.05, 4.69) is 13.2 Å². The van der Waals surface area contributed by atoms with Crippen LogP contribution in [0.15, 0.2) is 25.3 Å². The minimum absolute atomic E-state index is 0.271. The van der Waals surface area contributed by atoms with Crippen LogP contribution in [0.4, 0.5) is 0 Å². The highest BCUT2D eigenvalue weighted by Gasteiger charge is 2.21. The Hall–Kier alpha value is -0.370. The molecule has 13 heavy (non-hydrogen) atoms. The summed E-state index contributed by atoms with van der Waals surface area (Å²) in [6.07, 6.45) is 2.59. The van der Waals surface area contributed by atoms with Crippen molar-refractivity contribution in [3.8, 4) is 0 Å². The molecule has 76 valence electrons. The molecule has 0 saturated heterocycles. The largest absolute Gasteiger partial charge is 0.328 e. The highest BCUT2D eigenvalue weighted by atomic mass is 31.2. The van der Waals surface area contributed by atoms with Gasteiger partial charge in [0.1, 0.15) is 0 Å². The molecule has 0 rings (SSSR count). The van der Waals surface area contributed by atoms with Crippen LogP contribution in [-0.2, 0) is 13.6 Å². The van der Waals surface area contributed by atoms with Gasteiger partial charge in [0.05, 0.1) is 12.2 Å². The van der Waals surface area contributed by atoms with Crippen LogP contribution in [0.5, 0.6) is 0 Å². The van der Waals surface area contributed by atoms with Gasteiger partial charge in [0, 0.05) is 6.66 Å². The van der Waals surface area contributed by atoms with Gasteiger partial charge in [0.2, 0.25) is 0 Å². The van der Waals surface area contributed by atoms with E-state index < -0.39 is 7.60 Å². The number of hydrogen-bond acceptors (Lipinski definition) is 3. The van der Waals surface area contributed by atoms with E-state index in [1.54, 1.807) is 26.0 Å². The minimum Gasteiger partial charge on any atom is -0.302 e. The average Bonchev–Trinajstić information content (AvgIpc) is 2.02. The summed E-state index contributed by atoms with van der Waals surface area (Å²) in [6.45, 7) is 12.0. The van der Waals surface area contributed by atoms with E-state index in [9.17, 15) is 4.57 Å². The normalized spacial score (nSPS) is 19.9. The smallest absolute Gasteiger partial charge is 0.302 e. The molecule has 0 saturated carbocycles. The van der Waals surface area contributed by atoms with Crippen molar-refractivity contribution in [3.63, 3.8) is 0 Å². The van der Waals surface area contributed by atoms with Gasteiger partial charge in [-0.25, -0.2) is 0 Å². The van der Waals surface area contributed by atoms with Crippen molar-refractivity contribution in [1.82, 2.24) is 0 Å². The molecule has 0 fully saturated rings. The second kappa shape index (κ2) is 5.38. The minimum atomic E-state index is -2.98. The standard InChI is InChI=1S/C9H17O3P/c1-6-8(3)11-13(5,10)12-9(4)7-2/h6-9H,1-2H2,3-5H3. The van der Waals surface area contributed by atoms with E-state index in [1.165, 1.54) is 6.66 Å². The Balaban J connectivity index is 4.15. The molecule has 0 spiro atoms. The third-order valence-corrected chi connectivity index (χ3v) is 2.81. The quantitative estimate of drug-likeness (QED) is 0.492. The molecule has 0 aliphatic carbocycles. The molecule has 4 heteroatoms. The van der Waals surface area contributed by atoms with Crippen LogP contribution in [0.3, 0.4) is 0 Å². The molecule has 0 bridgehead atoms. The van der Waals surface area contributed by atoms with Crippen LogP contribution in [0, 0.1) is 0 Å². The predicted molar refractivity (Wildman–Crippen MR) is 55.0 cm³/mol. The lowest BCUT2D eigenvalue weighted by atomic mass is 10.4. The molecule has 0 amide bonds. The lowest BCUT2D eigenvalue weighted by Crippen LogP contribution is -2.08. The highest BCUT2D eigenvalue weighted by molar-refractivity contribution is 7.53. The van der Waals surface area contributed by atoms with E-state index in [4.69, 9.17) is 9.05 Å². The summed E-state index contributed by atoms with van der Waals surface area (Å²) in [7, 11) is -2.98. The van der Waals surface area contributed by atoms with Crippen molar-refractivity contribution in [3.05, 3.63) is 25.3 Å². The van der Waals surface area contributed by atoms with Crippen molar-refractivity contribution >= 4 is 7.60 Å². The maximum absolute atomic E-state index is 11.6. The lowest BCUT2D eigenvalue weighted by Gasteiger charge is -2.19. The summed E-state index contributed by atoms with van der Waals surface area (Å²) in [5, 5.41) is 0. The van der Waals surface area contributed by atoms with E-state index in [0.29, 0.717) is 0 Å². The Labute approximate surface area is 80.0 Å². The van der Waals surface area contributed by atoms with Crippen LogP contribution in [0.2, 0.25) is 0 Å². The van der Waals surface area contributed by atoms with Crippen LogP contribution in [-0.4, -0.2) is 18.9 Å².